The second-order valence-electron chi connectivity index (χ2n) is 4.40. The highest BCUT2D eigenvalue weighted by molar-refractivity contribution is 9.11. The molecular formula is C12H20BrNS. The first kappa shape index (κ1) is 13.2. The second kappa shape index (κ2) is 6.02. The van der Waals surface area contributed by atoms with Gasteiger partial charge in [-0.05, 0) is 60.3 Å². The van der Waals surface area contributed by atoms with Crippen molar-refractivity contribution in [3.8, 4) is 0 Å². The molecule has 86 valence electrons. The Hall–Kier alpha value is 0.140. The zero-order valence-corrected chi connectivity index (χ0v) is 12.3. The molecule has 1 N–H and O–H groups in total. The molecule has 0 bridgehead atoms. The van der Waals surface area contributed by atoms with Crippen LogP contribution < -0.4 is 5.32 Å². The van der Waals surface area contributed by atoms with Crippen LogP contribution in [0.2, 0.25) is 0 Å². The van der Waals surface area contributed by atoms with Gasteiger partial charge in [-0.3, -0.25) is 0 Å². The molecule has 15 heavy (non-hydrogen) atoms. The Balaban J connectivity index is 2.66. The maximum Gasteiger partial charge on any atom is 0.0701 e. The zero-order valence-electron chi connectivity index (χ0n) is 9.88. The molecular weight excluding hydrogens is 270 g/mol. The van der Waals surface area contributed by atoms with Crippen LogP contribution >= 0.6 is 27.3 Å². The van der Waals surface area contributed by atoms with Gasteiger partial charge in [0.15, 0.2) is 0 Å². The van der Waals surface area contributed by atoms with Crippen LogP contribution in [0.15, 0.2) is 15.9 Å². The van der Waals surface area contributed by atoms with E-state index in [-0.39, 0.29) is 0 Å². The van der Waals surface area contributed by atoms with Gasteiger partial charge in [-0.25, -0.2) is 0 Å². The van der Waals surface area contributed by atoms with E-state index in [0.29, 0.717) is 17.9 Å². The molecule has 1 nitrogen and oxygen atoms in total. The lowest BCUT2D eigenvalue weighted by atomic mass is 9.86. The molecule has 0 aliphatic carbocycles. The predicted octanol–water partition coefficient (Wildman–Crippen LogP) is 3.93. The summed E-state index contributed by atoms with van der Waals surface area (Å²) < 4.78 is 1.23. The topological polar surface area (TPSA) is 12.0 Å². The fraction of sp³-hybridized carbons (Fsp3) is 0.667. The Morgan fingerprint density at radius 3 is 2.40 bits per heavy atom. The lowest BCUT2D eigenvalue weighted by molar-refractivity contribution is 0.301. The van der Waals surface area contributed by atoms with Crippen LogP contribution in [0.4, 0.5) is 0 Å². The van der Waals surface area contributed by atoms with Crippen molar-refractivity contribution in [2.75, 3.05) is 7.05 Å². The van der Waals surface area contributed by atoms with Crippen molar-refractivity contribution in [3.63, 3.8) is 0 Å². The Morgan fingerprint density at radius 1 is 1.33 bits per heavy atom. The third kappa shape index (κ3) is 3.89. The van der Waals surface area contributed by atoms with Crippen molar-refractivity contribution >= 4 is 27.3 Å². The molecule has 3 heteroatoms. The Morgan fingerprint density at radius 2 is 2.00 bits per heavy atom. The molecule has 0 aliphatic heterocycles. The third-order valence-electron chi connectivity index (χ3n) is 3.02. The molecule has 0 aliphatic rings. The Kier molecular flexibility index (Phi) is 5.30. The monoisotopic (exact) mass is 289 g/mol. The highest BCUT2D eigenvalue weighted by atomic mass is 79.9. The van der Waals surface area contributed by atoms with Gasteiger partial charge in [-0.15, -0.1) is 11.3 Å². The van der Waals surface area contributed by atoms with E-state index in [2.05, 4.69) is 54.2 Å². The molecule has 1 rings (SSSR count). The van der Waals surface area contributed by atoms with Gasteiger partial charge >= 0.3 is 0 Å². The Bertz CT molecular complexity index is 296. The number of hydrogen-bond acceptors (Lipinski definition) is 2. The minimum atomic E-state index is 0.575. The van der Waals surface area contributed by atoms with Crippen LogP contribution in [0.5, 0.6) is 0 Å². The van der Waals surface area contributed by atoms with E-state index in [1.807, 2.05) is 18.4 Å². The molecule has 0 aromatic carbocycles. The van der Waals surface area contributed by atoms with Crippen LogP contribution in [0.3, 0.4) is 0 Å². The van der Waals surface area contributed by atoms with E-state index in [1.165, 1.54) is 15.1 Å². The summed E-state index contributed by atoms with van der Waals surface area (Å²) in [6, 6.07) is 4.94. The molecule has 0 fully saturated rings. The smallest absolute Gasteiger partial charge is 0.0701 e. The van der Waals surface area contributed by atoms with Crippen molar-refractivity contribution in [2.45, 2.75) is 33.2 Å². The standard InChI is InChI=1S/C12H20BrNS/c1-8(2)11(9(3)14-4)7-10-5-6-12(13)15-10/h5-6,8-9,11,14H,7H2,1-4H3. The van der Waals surface area contributed by atoms with E-state index < -0.39 is 0 Å². The first-order valence-electron chi connectivity index (χ1n) is 5.46. The second-order valence-corrected chi connectivity index (χ2v) is 6.94. The number of nitrogens with one attached hydrogen (secondary N) is 1. The van der Waals surface area contributed by atoms with E-state index in [4.69, 9.17) is 0 Å². The molecule has 2 unspecified atom stereocenters. The van der Waals surface area contributed by atoms with Gasteiger partial charge in [-0.1, -0.05) is 13.8 Å². The first-order chi connectivity index (χ1) is 7.04. The van der Waals surface area contributed by atoms with Crippen LogP contribution in [0.25, 0.3) is 0 Å². The van der Waals surface area contributed by atoms with Crippen molar-refractivity contribution < 1.29 is 0 Å². The maximum absolute atomic E-state index is 3.52. The normalized spacial score (nSPS) is 15.6. The van der Waals surface area contributed by atoms with Crippen LogP contribution in [0, 0.1) is 11.8 Å². The van der Waals surface area contributed by atoms with E-state index in [9.17, 15) is 0 Å². The maximum atomic E-state index is 3.52. The minimum Gasteiger partial charge on any atom is -0.317 e. The average molecular weight is 290 g/mol. The summed E-state index contributed by atoms with van der Waals surface area (Å²) >= 11 is 5.37. The molecule has 0 radical (unpaired) electrons. The van der Waals surface area contributed by atoms with E-state index in [0.717, 1.165) is 0 Å². The molecule has 0 saturated heterocycles. The lowest BCUT2D eigenvalue weighted by Gasteiger charge is -2.26. The van der Waals surface area contributed by atoms with Gasteiger partial charge in [-0.2, -0.15) is 0 Å². The van der Waals surface area contributed by atoms with Crippen LogP contribution in [-0.2, 0) is 6.42 Å². The van der Waals surface area contributed by atoms with Gasteiger partial charge in [0.1, 0.15) is 0 Å². The molecule has 0 spiro atoms. The van der Waals surface area contributed by atoms with Gasteiger partial charge < -0.3 is 5.32 Å². The quantitative estimate of drug-likeness (QED) is 0.866. The highest BCUT2D eigenvalue weighted by Gasteiger charge is 2.20. The molecule has 1 heterocycles. The summed E-state index contributed by atoms with van der Waals surface area (Å²) in [4.78, 5) is 1.47. The SMILES string of the molecule is CNC(C)C(Cc1ccc(Br)s1)C(C)C. The summed E-state index contributed by atoms with van der Waals surface area (Å²) in [6.45, 7) is 6.88. The molecule has 1 aromatic heterocycles. The summed E-state index contributed by atoms with van der Waals surface area (Å²) in [6.07, 6.45) is 1.18. The summed E-state index contributed by atoms with van der Waals surface area (Å²) in [5.74, 6) is 1.42. The average Bonchev–Trinajstić information content (AvgIpc) is 2.59. The largest absolute Gasteiger partial charge is 0.317 e. The molecule has 1 aromatic rings. The van der Waals surface area contributed by atoms with Gasteiger partial charge in [0.25, 0.3) is 0 Å². The number of hydrogen-bond donors (Lipinski definition) is 1. The number of halogens is 1. The highest BCUT2D eigenvalue weighted by Crippen LogP contribution is 2.28. The van der Waals surface area contributed by atoms with Crippen LogP contribution in [0.1, 0.15) is 25.6 Å². The van der Waals surface area contributed by atoms with Crippen molar-refractivity contribution in [3.05, 3.63) is 20.8 Å². The van der Waals surface area contributed by atoms with Gasteiger partial charge in [0.2, 0.25) is 0 Å². The van der Waals surface area contributed by atoms with Crippen molar-refractivity contribution in [2.24, 2.45) is 11.8 Å². The van der Waals surface area contributed by atoms with E-state index in [1.54, 1.807) is 0 Å². The van der Waals surface area contributed by atoms with Crippen LogP contribution in [-0.4, -0.2) is 13.1 Å². The molecule has 2 atom stereocenters. The van der Waals surface area contributed by atoms with Gasteiger partial charge in [0.05, 0.1) is 3.79 Å². The zero-order chi connectivity index (χ0) is 11.4. The van der Waals surface area contributed by atoms with Crippen molar-refractivity contribution in [1.29, 1.82) is 0 Å². The fourth-order valence-electron chi connectivity index (χ4n) is 1.90. The molecule has 0 amide bonds. The predicted molar refractivity (Wildman–Crippen MR) is 72.6 cm³/mol. The van der Waals surface area contributed by atoms with Gasteiger partial charge in [0, 0.05) is 10.9 Å². The fourth-order valence-corrected chi connectivity index (χ4v) is 3.45. The molecule has 0 saturated carbocycles. The first-order valence-corrected chi connectivity index (χ1v) is 7.07. The third-order valence-corrected chi connectivity index (χ3v) is 4.67. The van der Waals surface area contributed by atoms with Crippen molar-refractivity contribution in [1.82, 2.24) is 5.32 Å². The summed E-state index contributed by atoms with van der Waals surface area (Å²) in [5.41, 5.74) is 0. The number of thiophene rings is 1. The van der Waals surface area contributed by atoms with E-state index >= 15 is 0 Å². The Labute approximate surface area is 105 Å². The number of rotatable bonds is 5. The summed E-state index contributed by atoms with van der Waals surface area (Å²) in [5, 5.41) is 3.37. The minimum absolute atomic E-state index is 0.575. The summed E-state index contributed by atoms with van der Waals surface area (Å²) in [7, 11) is 2.05. The lowest BCUT2D eigenvalue weighted by Crippen LogP contribution is -2.34.